The summed E-state index contributed by atoms with van der Waals surface area (Å²) in [5.41, 5.74) is 0.697. The average Bonchev–Trinajstić information content (AvgIpc) is 2.80. The van der Waals surface area contributed by atoms with Crippen LogP contribution in [0.5, 0.6) is 0 Å². The van der Waals surface area contributed by atoms with Crippen LogP contribution in [-0.4, -0.2) is 30.1 Å². The molecule has 0 N–H and O–H groups in total. The summed E-state index contributed by atoms with van der Waals surface area (Å²) in [5.74, 6) is 0.0584. The lowest BCUT2D eigenvalue weighted by atomic mass is 10.2. The standard InChI is InChI=1S/C12H12BrN3OS2/c1-7(17)8-4-5-10(9(13)6-8)18-12-15-14-11(19-12)16(2)3/h4-6H,1-3H3. The first-order valence-electron chi connectivity index (χ1n) is 5.46. The molecule has 0 atom stereocenters. The van der Waals surface area contributed by atoms with Crippen molar-refractivity contribution >= 4 is 49.9 Å². The highest BCUT2D eigenvalue weighted by molar-refractivity contribution is 9.10. The fraction of sp³-hybridized carbons (Fsp3) is 0.250. The van der Waals surface area contributed by atoms with Crippen molar-refractivity contribution in [2.75, 3.05) is 19.0 Å². The van der Waals surface area contributed by atoms with Gasteiger partial charge in [-0.2, -0.15) is 0 Å². The molecule has 2 aromatic rings. The predicted octanol–water partition coefficient (Wildman–Crippen LogP) is 3.72. The minimum atomic E-state index is 0.0584. The molecule has 4 nitrogen and oxygen atoms in total. The van der Waals surface area contributed by atoms with E-state index in [0.29, 0.717) is 5.56 Å². The Bertz CT molecular complexity index is 613. The maximum Gasteiger partial charge on any atom is 0.208 e. The van der Waals surface area contributed by atoms with E-state index in [9.17, 15) is 4.79 Å². The number of ketones is 1. The van der Waals surface area contributed by atoms with Crippen molar-refractivity contribution in [2.45, 2.75) is 16.2 Å². The van der Waals surface area contributed by atoms with E-state index in [1.165, 1.54) is 23.1 Å². The average molecular weight is 358 g/mol. The quantitative estimate of drug-likeness (QED) is 0.780. The zero-order chi connectivity index (χ0) is 14.0. The lowest BCUT2D eigenvalue weighted by Gasteiger charge is -2.04. The number of aromatic nitrogens is 2. The minimum absolute atomic E-state index is 0.0584. The van der Waals surface area contributed by atoms with Gasteiger partial charge in [0.2, 0.25) is 5.13 Å². The van der Waals surface area contributed by atoms with Crippen LogP contribution < -0.4 is 4.90 Å². The molecule has 2 rings (SSSR count). The molecular formula is C12H12BrN3OS2. The van der Waals surface area contributed by atoms with Gasteiger partial charge in [-0.1, -0.05) is 29.2 Å². The van der Waals surface area contributed by atoms with Crippen LogP contribution in [0.4, 0.5) is 5.13 Å². The van der Waals surface area contributed by atoms with Crippen LogP contribution in [0, 0.1) is 0 Å². The van der Waals surface area contributed by atoms with E-state index in [1.54, 1.807) is 6.92 Å². The molecule has 0 aliphatic rings. The lowest BCUT2D eigenvalue weighted by Crippen LogP contribution is -2.07. The molecule has 0 spiro atoms. The highest BCUT2D eigenvalue weighted by atomic mass is 79.9. The van der Waals surface area contributed by atoms with E-state index in [1.807, 2.05) is 37.2 Å². The zero-order valence-corrected chi connectivity index (χ0v) is 13.9. The smallest absolute Gasteiger partial charge is 0.208 e. The Labute approximate surface area is 128 Å². The van der Waals surface area contributed by atoms with Crippen molar-refractivity contribution in [1.82, 2.24) is 10.2 Å². The van der Waals surface area contributed by atoms with Crippen molar-refractivity contribution < 1.29 is 4.79 Å². The van der Waals surface area contributed by atoms with Crippen molar-refractivity contribution in [3.8, 4) is 0 Å². The van der Waals surface area contributed by atoms with Gasteiger partial charge < -0.3 is 4.90 Å². The molecule has 0 saturated carbocycles. The SMILES string of the molecule is CC(=O)c1ccc(Sc2nnc(N(C)C)s2)c(Br)c1. The monoisotopic (exact) mass is 357 g/mol. The number of hydrogen-bond donors (Lipinski definition) is 0. The molecule has 0 fully saturated rings. The maximum atomic E-state index is 11.3. The number of nitrogens with zero attached hydrogens (tertiary/aromatic N) is 3. The van der Waals surface area contributed by atoms with Crippen molar-refractivity contribution in [3.63, 3.8) is 0 Å². The van der Waals surface area contributed by atoms with Gasteiger partial charge in [0, 0.05) is 29.0 Å². The predicted molar refractivity (Wildman–Crippen MR) is 82.5 cm³/mol. The zero-order valence-electron chi connectivity index (χ0n) is 10.7. The third-order valence-corrected chi connectivity index (χ3v) is 5.45. The minimum Gasteiger partial charge on any atom is -0.353 e. The van der Waals surface area contributed by atoms with Crippen LogP contribution in [0.1, 0.15) is 17.3 Å². The summed E-state index contributed by atoms with van der Waals surface area (Å²) in [4.78, 5) is 14.2. The highest BCUT2D eigenvalue weighted by Gasteiger charge is 2.10. The van der Waals surface area contributed by atoms with Gasteiger partial charge in [-0.25, -0.2) is 0 Å². The molecule has 0 radical (unpaired) electrons. The number of carbonyl (C=O) groups excluding carboxylic acids is 1. The summed E-state index contributed by atoms with van der Waals surface area (Å²) in [7, 11) is 3.87. The van der Waals surface area contributed by atoms with Gasteiger partial charge in [-0.05, 0) is 35.0 Å². The van der Waals surface area contributed by atoms with Gasteiger partial charge in [-0.3, -0.25) is 4.79 Å². The number of benzene rings is 1. The molecule has 1 heterocycles. The Morgan fingerprint density at radius 3 is 2.63 bits per heavy atom. The molecular weight excluding hydrogens is 346 g/mol. The molecule has 19 heavy (non-hydrogen) atoms. The Balaban J connectivity index is 2.20. The third kappa shape index (κ3) is 3.55. The van der Waals surface area contributed by atoms with Crippen molar-refractivity contribution in [3.05, 3.63) is 28.2 Å². The second-order valence-electron chi connectivity index (χ2n) is 4.05. The number of carbonyl (C=O) groups is 1. The fourth-order valence-electron chi connectivity index (χ4n) is 1.32. The fourth-order valence-corrected chi connectivity index (χ4v) is 3.67. The van der Waals surface area contributed by atoms with Crippen LogP contribution >= 0.6 is 39.0 Å². The number of halogens is 1. The molecule has 1 aromatic carbocycles. The van der Waals surface area contributed by atoms with Gasteiger partial charge in [-0.15, -0.1) is 10.2 Å². The van der Waals surface area contributed by atoms with Crippen LogP contribution in [0.25, 0.3) is 0 Å². The molecule has 0 saturated heterocycles. The molecule has 0 aliphatic heterocycles. The summed E-state index contributed by atoms with van der Waals surface area (Å²) in [5, 5.41) is 9.10. The van der Waals surface area contributed by atoms with Gasteiger partial charge in [0.05, 0.1) is 0 Å². The topological polar surface area (TPSA) is 46.1 Å². The number of anilines is 1. The summed E-state index contributed by atoms with van der Waals surface area (Å²) < 4.78 is 1.77. The van der Waals surface area contributed by atoms with E-state index in [2.05, 4.69) is 26.1 Å². The molecule has 0 bridgehead atoms. The van der Waals surface area contributed by atoms with Crippen LogP contribution in [0.15, 0.2) is 31.9 Å². The number of rotatable bonds is 4. The summed E-state index contributed by atoms with van der Waals surface area (Å²) in [6.45, 7) is 1.56. The molecule has 0 unspecified atom stereocenters. The number of hydrogen-bond acceptors (Lipinski definition) is 6. The molecule has 0 aliphatic carbocycles. The van der Waals surface area contributed by atoms with Crippen molar-refractivity contribution in [1.29, 1.82) is 0 Å². The van der Waals surface area contributed by atoms with Gasteiger partial charge >= 0.3 is 0 Å². The van der Waals surface area contributed by atoms with Gasteiger partial charge in [0.1, 0.15) is 0 Å². The Hall–Kier alpha value is -0.920. The van der Waals surface area contributed by atoms with Crippen LogP contribution in [0.2, 0.25) is 0 Å². The molecule has 0 amide bonds. The largest absolute Gasteiger partial charge is 0.353 e. The maximum absolute atomic E-state index is 11.3. The molecule has 1 aromatic heterocycles. The Kier molecular flexibility index (Phi) is 4.59. The van der Waals surface area contributed by atoms with E-state index in [-0.39, 0.29) is 5.78 Å². The van der Waals surface area contributed by atoms with Crippen LogP contribution in [-0.2, 0) is 0 Å². The normalized spacial score (nSPS) is 10.5. The van der Waals surface area contributed by atoms with E-state index in [4.69, 9.17) is 0 Å². The summed E-state index contributed by atoms with van der Waals surface area (Å²) in [6.07, 6.45) is 0. The Morgan fingerprint density at radius 1 is 1.37 bits per heavy atom. The first kappa shape index (κ1) is 14.5. The third-order valence-electron chi connectivity index (χ3n) is 2.31. The first-order valence-corrected chi connectivity index (χ1v) is 7.89. The summed E-state index contributed by atoms with van der Waals surface area (Å²) >= 11 is 6.55. The highest BCUT2D eigenvalue weighted by Crippen LogP contribution is 2.36. The molecule has 100 valence electrons. The second-order valence-corrected chi connectivity index (χ2v) is 7.15. The van der Waals surface area contributed by atoms with E-state index < -0.39 is 0 Å². The van der Waals surface area contributed by atoms with Crippen molar-refractivity contribution in [2.24, 2.45) is 0 Å². The molecule has 7 heteroatoms. The lowest BCUT2D eigenvalue weighted by molar-refractivity contribution is 0.101. The van der Waals surface area contributed by atoms with Gasteiger partial charge in [0.15, 0.2) is 10.1 Å². The first-order chi connectivity index (χ1) is 8.97. The second kappa shape index (κ2) is 6.02. The van der Waals surface area contributed by atoms with Gasteiger partial charge in [0.25, 0.3) is 0 Å². The summed E-state index contributed by atoms with van der Waals surface area (Å²) in [6, 6.07) is 5.57. The van der Waals surface area contributed by atoms with E-state index >= 15 is 0 Å². The number of Topliss-reactive ketones (excluding diaryl/α,β-unsaturated/α-hetero) is 1. The van der Waals surface area contributed by atoms with E-state index in [0.717, 1.165) is 18.8 Å². The Morgan fingerprint density at radius 2 is 2.11 bits per heavy atom. The van der Waals surface area contributed by atoms with Crippen LogP contribution in [0.3, 0.4) is 0 Å².